The number of rotatable bonds is 17. The molecule has 0 aromatic heterocycles. The molecular formula is C33H60F2. The summed E-state index contributed by atoms with van der Waals surface area (Å²) in [6.07, 6.45) is 34.2. The van der Waals surface area contributed by atoms with Crippen LogP contribution >= 0.6 is 0 Å². The van der Waals surface area contributed by atoms with E-state index < -0.39 is 0 Å². The molecular weight excluding hydrogens is 434 g/mol. The van der Waals surface area contributed by atoms with Gasteiger partial charge in [0, 0.05) is 0 Å². The molecule has 0 N–H and O–H groups in total. The van der Waals surface area contributed by atoms with Gasteiger partial charge in [-0.1, -0.05) is 96.3 Å². The van der Waals surface area contributed by atoms with Crippen molar-refractivity contribution in [3.63, 3.8) is 0 Å². The predicted octanol–water partition coefficient (Wildman–Crippen LogP) is 11.4. The summed E-state index contributed by atoms with van der Waals surface area (Å²) in [5.41, 5.74) is 0. The first-order chi connectivity index (χ1) is 17.3. The van der Waals surface area contributed by atoms with Gasteiger partial charge in [0.2, 0.25) is 0 Å². The largest absolute Gasteiger partial charge is 0.251 e. The Labute approximate surface area is 218 Å². The summed E-state index contributed by atoms with van der Waals surface area (Å²) in [6, 6.07) is 0. The predicted molar refractivity (Wildman–Crippen MR) is 148 cm³/mol. The molecule has 3 aliphatic rings. The lowest BCUT2D eigenvalue weighted by Gasteiger charge is -2.41. The molecule has 3 saturated carbocycles. The summed E-state index contributed by atoms with van der Waals surface area (Å²) in [5, 5.41) is 0. The van der Waals surface area contributed by atoms with Gasteiger partial charge in [0.15, 0.2) is 0 Å². The molecule has 0 unspecified atom stereocenters. The highest BCUT2D eigenvalue weighted by atomic mass is 19.1. The molecule has 3 rings (SSSR count). The van der Waals surface area contributed by atoms with Crippen LogP contribution in [0.2, 0.25) is 0 Å². The quantitative estimate of drug-likeness (QED) is 0.176. The van der Waals surface area contributed by atoms with Crippen LogP contribution in [0, 0.1) is 35.5 Å². The first-order valence-electron chi connectivity index (χ1n) is 16.4. The molecule has 0 nitrogen and oxygen atoms in total. The molecule has 0 spiro atoms. The summed E-state index contributed by atoms with van der Waals surface area (Å²) < 4.78 is 24.4. The first-order valence-corrected chi connectivity index (χ1v) is 16.4. The summed E-state index contributed by atoms with van der Waals surface area (Å²) in [4.78, 5) is 0. The second-order valence-corrected chi connectivity index (χ2v) is 13.1. The Bertz CT molecular complexity index is 481. The van der Waals surface area contributed by atoms with Crippen molar-refractivity contribution in [1.82, 2.24) is 0 Å². The fourth-order valence-corrected chi connectivity index (χ4v) is 8.28. The Morgan fingerprint density at radius 1 is 0.314 bits per heavy atom. The lowest BCUT2D eigenvalue weighted by Crippen LogP contribution is -2.29. The van der Waals surface area contributed by atoms with Crippen molar-refractivity contribution in [3.8, 4) is 0 Å². The zero-order chi connectivity index (χ0) is 24.6. The fourth-order valence-electron chi connectivity index (χ4n) is 8.28. The Morgan fingerprint density at radius 2 is 0.571 bits per heavy atom. The molecule has 0 amide bonds. The van der Waals surface area contributed by atoms with Crippen molar-refractivity contribution < 1.29 is 8.78 Å². The molecule has 0 radical (unpaired) electrons. The molecule has 0 saturated heterocycles. The van der Waals surface area contributed by atoms with Crippen LogP contribution in [0.15, 0.2) is 0 Å². The maximum atomic E-state index is 12.3. The molecule has 0 heterocycles. The van der Waals surface area contributed by atoms with Crippen molar-refractivity contribution in [2.75, 3.05) is 13.3 Å². The minimum absolute atomic E-state index is 0.123. The van der Waals surface area contributed by atoms with Gasteiger partial charge in [-0.05, 0) is 99.7 Å². The lowest BCUT2D eigenvalue weighted by atomic mass is 9.64. The van der Waals surface area contributed by atoms with Gasteiger partial charge in [-0.2, -0.15) is 0 Å². The Balaban J connectivity index is 1.18. The molecule has 0 aromatic rings. The molecule has 3 aliphatic carbocycles. The molecule has 0 aromatic carbocycles. The van der Waals surface area contributed by atoms with Crippen LogP contribution in [0.4, 0.5) is 8.78 Å². The Hall–Kier alpha value is -0.140. The summed E-state index contributed by atoms with van der Waals surface area (Å²) in [5.74, 6) is 6.16. The minimum atomic E-state index is -0.129. The summed E-state index contributed by atoms with van der Waals surface area (Å²) in [7, 11) is 0. The average Bonchev–Trinajstić information content (AvgIpc) is 2.91. The van der Waals surface area contributed by atoms with Crippen molar-refractivity contribution in [3.05, 3.63) is 0 Å². The van der Waals surface area contributed by atoms with Crippen LogP contribution in [0.25, 0.3) is 0 Å². The number of unbranched alkanes of at least 4 members (excludes halogenated alkanes) is 9. The van der Waals surface area contributed by atoms with E-state index in [4.69, 9.17) is 0 Å². The van der Waals surface area contributed by atoms with Gasteiger partial charge in [-0.25, -0.2) is 0 Å². The van der Waals surface area contributed by atoms with E-state index in [1.54, 1.807) is 0 Å². The van der Waals surface area contributed by atoms with E-state index in [1.807, 2.05) is 0 Å². The Kier molecular flexibility index (Phi) is 15.3. The monoisotopic (exact) mass is 494 g/mol. The maximum Gasteiger partial charge on any atom is 0.0894 e. The van der Waals surface area contributed by atoms with Gasteiger partial charge in [-0.15, -0.1) is 0 Å². The third-order valence-electron chi connectivity index (χ3n) is 10.7. The normalized spacial score (nSPS) is 32.1. The highest BCUT2D eigenvalue weighted by molar-refractivity contribution is 4.86. The number of hydrogen-bond donors (Lipinski definition) is 0. The van der Waals surface area contributed by atoms with Crippen LogP contribution < -0.4 is 0 Å². The van der Waals surface area contributed by atoms with Crippen molar-refractivity contribution in [1.29, 1.82) is 0 Å². The van der Waals surface area contributed by atoms with E-state index in [-0.39, 0.29) is 13.3 Å². The third kappa shape index (κ3) is 11.4. The lowest BCUT2D eigenvalue weighted by molar-refractivity contribution is 0.102. The third-order valence-corrected chi connectivity index (χ3v) is 10.7. The van der Waals surface area contributed by atoms with E-state index in [2.05, 4.69) is 0 Å². The second kappa shape index (κ2) is 18.2. The molecule has 35 heavy (non-hydrogen) atoms. The van der Waals surface area contributed by atoms with Crippen LogP contribution in [-0.2, 0) is 0 Å². The summed E-state index contributed by atoms with van der Waals surface area (Å²) in [6.45, 7) is -0.252. The van der Waals surface area contributed by atoms with Crippen molar-refractivity contribution in [2.45, 2.75) is 161 Å². The van der Waals surface area contributed by atoms with Crippen LogP contribution in [0.5, 0.6) is 0 Å². The van der Waals surface area contributed by atoms with E-state index in [0.29, 0.717) is 0 Å². The van der Waals surface area contributed by atoms with Gasteiger partial charge in [0.1, 0.15) is 0 Å². The molecule has 3 fully saturated rings. The van der Waals surface area contributed by atoms with Crippen LogP contribution in [-0.4, -0.2) is 13.3 Å². The number of hydrogen-bond acceptors (Lipinski definition) is 0. The zero-order valence-electron chi connectivity index (χ0n) is 23.3. The zero-order valence-corrected chi connectivity index (χ0v) is 23.3. The van der Waals surface area contributed by atoms with Gasteiger partial charge in [0.25, 0.3) is 0 Å². The maximum absolute atomic E-state index is 12.3. The SMILES string of the molecule is FCCCCCCCCCCC1CCC(C2CCC(C3CCC(CCCCCF)CC3)CC2)CC1. The Morgan fingerprint density at radius 3 is 0.914 bits per heavy atom. The highest BCUT2D eigenvalue weighted by Gasteiger charge is 2.34. The minimum Gasteiger partial charge on any atom is -0.251 e. The number of halogens is 2. The van der Waals surface area contributed by atoms with Gasteiger partial charge in [0.05, 0.1) is 13.3 Å². The molecule has 206 valence electrons. The van der Waals surface area contributed by atoms with Crippen molar-refractivity contribution in [2.24, 2.45) is 35.5 Å². The molecule has 2 heteroatoms. The fraction of sp³-hybridized carbons (Fsp3) is 1.00. The van der Waals surface area contributed by atoms with E-state index in [9.17, 15) is 8.78 Å². The van der Waals surface area contributed by atoms with Crippen LogP contribution in [0.3, 0.4) is 0 Å². The smallest absolute Gasteiger partial charge is 0.0894 e. The average molecular weight is 495 g/mol. The molecule has 0 aliphatic heterocycles. The van der Waals surface area contributed by atoms with Crippen LogP contribution in [0.1, 0.15) is 161 Å². The van der Waals surface area contributed by atoms with Gasteiger partial charge in [-0.3, -0.25) is 8.78 Å². The first kappa shape index (κ1) is 29.4. The molecule has 0 atom stereocenters. The van der Waals surface area contributed by atoms with E-state index in [1.165, 1.54) is 135 Å². The van der Waals surface area contributed by atoms with E-state index in [0.717, 1.165) is 61.2 Å². The van der Waals surface area contributed by atoms with Gasteiger partial charge >= 0.3 is 0 Å². The highest BCUT2D eigenvalue weighted by Crippen LogP contribution is 2.46. The summed E-state index contributed by atoms with van der Waals surface area (Å²) >= 11 is 0. The van der Waals surface area contributed by atoms with Gasteiger partial charge < -0.3 is 0 Å². The topological polar surface area (TPSA) is 0 Å². The molecule has 0 bridgehead atoms. The van der Waals surface area contributed by atoms with E-state index >= 15 is 0 Å². The second-order valence-electron chi connectivity index (χ2n) is 13.1. The standard InChI is InChI=1S/C33H60F2/c34-26-10-6-4-2-1-3-5-8-12-28-14-18-30(19-15-28)32-22-24-33(25-23-32)31-20-16-29(17-21-31)13-9-7-11-27-35/h28-33H,1-27H2. The number of alkyl halides is 2. The van der Waals surface area contributed by atoms with Crippen molar-refractivity contribution >= 4 is 0 Å².